The number of benzene rings is 2. The van der Waals surface area contributed by atoms with E-state index in [0.29, 0.717) is 17.9 Å². The number of aryl methyl sites for hydroxylation is 1. The van der Waals surface area contributed by atoms with Gasteiger partial charge in [0.15, 0.2) is 0 Å². The minimum atomic E-state index is -0.446. The predicted molar refractivity (Wildman–Crippen MR) is 179 cm³/mol. The molecule has 0 saturated heterocycles. The van der Waals surface area contributed by atoms with E-state index >= 15 is 0 Å². The number of amides is 1. The number of aliphatic hydroxyl groups excluding tert-OH is 1. The van der Waals surface area contributed by atoms with E-state index in [-0.39, 0.29) is 12.5 Å². The zero-order valence-corrected chi connectivity index (χ0v) is 26.2. The Morgan fingerprint density at radius 3 is 2.69 bits per heavy atom. The number of nitrogens with one attached hydrogen (secondary N) is 2. The van der Waals surface area contributed by atoms with Crippen molar-refractivity contribution >= 4 is 34.1 Å². The number of para-hydroxylation sites is 1. The van der Waals surface area contributed by atoms with Crippen LogP contribution in [0, 0.1) is 0 Å². The summed E-state index contributed by atoms with van der Waals surface area (Å²) < 4.78 is 8.07. The molecule has 0 unspecified atom stereocenters. The van der Waals surface area contributed by atoms with E-state index in [4.69, 9.17) is 4.74 Å². The smallest absolute Gasteiger partial charge is 0.253 e. The van der Waals surface area contributed by atoms with Crippen LogP contribution in [0.4, 0.5) is 5.95 Å². The van der Waals surface area contributed by atoms with Crippen molar-refractivity contribution in [1.82, 2.24) is 24.8 Å². The molecule has 7 rings (SSSR count). The highest BCUT2D eigenvalue weighted by Gasteiger charge is 2.29. The number of anilines is 1. The van der Waals surface area contributed by atoms with Crippen LogP contribution in [0.1, 0.15) is 21.5 Å². The van der Waals surface area contributed by atoms with Crippen molar-refractivity contribution in [1.29, 1.82) is 0 Å². The number of aromatic nitrogens is 4. The maximum absolute atomic E-state index is 14.0. The third kappa shape index (κ3) is 5.26. The number of H-pyrrole nitrogens is 1. The van der Waals surface area contributed by atoms with Gasteiger partial charge in [0.25, 0.3) is 5.91 Å². The van der Waals surface area contributed by atoms with E-state index in [9.17, 15) is 9.90 Å². The van der Waals surface area contributed by atoms with Crippen molar-refractivity contribution < 1.29 is 14.6 Å². The Kier molecular flexibility index (Phi) is 7.60. The molecular weight excluding hydrogens is 584 g/mol. The van der Waals surface area contributed by atoms with Crippen LogP contribution in [-0.2, 0) is 19.4 Å². The van der Waals surface area contributed by atoms with Crippen LogP contribution in [0.3, 0.4) is 0 Å². The molecule has 9 nitrogen and oxygen atoms in total. The summed E-state index contributed by atoms with van der Waals surface area (Å²) in [5.74, 6) is 1.18. The molecule has 0 spiro atoms. The molecule has 0 fully saturated rings. The molecule has 1 aliphatic heterocycles. The first-order valence-corrected chi connectivity index (χ1v) is 15.8. The first-order chi connectivity index (χ1) is 21.9. The van der Waals surface area contributed by atoms with Crippen molar-refractivity contribution in [2.24, 2.45) is 0 Å². The van der Waals surface area contributed by atoms with E-state index in [1.807, 2.05) is 73.3 Å². The Hall–Kier alpha value is -4.93. The van der Waals surface area contributed by atoms with Crippen LogP contribution in [0.2, 0.25) is 0 Å². The number of aliphatic hydroxyl groups is 1. The van der Waals surface area contributed by atoms with Crippen molar-refractivity contribution in [3.63, 3.8) is 0 Å². The number of nitrogens with zero attached hydrogens (tertiary/aromatic N) is 4. The van der Waals surface area contributed by atoms with Crippen LogP contribution in [0.15, 0.2) is 78.6 Å². The topological polar surface area (TPSA) is 108 Å². The summed E-state index contributed by atoms with van der Waals surface area (Å²) in [5, 5.41) is 16.6. The van der Waals surface area contributed by atoms with Gasteiger partial charge in [-0.3, -0.25) is 4.79 Å². The molecule has 4 aromatic heterocycles. The van der Waals surface area contributed by atoms with Gasteiger partial charge in [-0.05, 0) is 59.7 Å². The number of aromatic amines is 1. The molecular formula is C35H34N6O3S. The Bertz CT molecular complexity index is 1990. The zero-order chi connectivity index (χ0) is 31.1. The monoisotopic (exact) mass is 618 g/mol. The van der Waals surface area contributed by atoms with Gasteiger partial charge in [-0.15, -0.1) is 11.3 Å². The lowest BCUT2D eigenvalue weighted by Crippen LogP contribution is -2.39. The van der Waals surface area contributed by atoms with Crippen molar-refractivity contribution in [3.8, 4) is 38.7 Å². The van der Waals surface area contributed by atoms with Gasteiger partial charge in [-0.25, -0.2) is 9.97 Å². The van der Waals surface area contributed by atoms with E-state index in [1.165, 1.54) is 0 Å². The quantitative estimate of drug-likeness (QED) is 0.190. The fourth-order valence-electron chi connectivity index (χ4n) is 6.23. The Morgan fingerprint density at radius 2 is 1.96 bits per heavy atom. The minimum absolute atomic E-state index is 0.173. The lowest BCUT2D eigenvalue weighted by atomic mass is 9.93. The zero-order valence-electron chi connectivity index (χ0n) is 25.4. The number of methoxy groups -OCH3 is 1. The van der Waals surface area contributed by atoms with Crippen LogP contribution in [0.25, 0.3) is 43.9 Å². The van der Waals surface area contributed by atoms with Gasteiger partial charge >= 0.3 is 0 Å². The summed E-state index contributed by atoms with van der Waals surface area (Å²) in [7, 11) is 5.50. The molecule has 45 heavy (non-hydrogen) atoms. The summed E-state index contributed by atoms with van der Waals surface area (Å²) in [5.41, 5.74) is 8.48. The molecule has 0 saturated carbocycles. The first-order valence-electron chi connectivity index (χ1n) is 14.9. The number of carbonyl (C=O) groups is 1. The molecule has 3 N–H and O–H groups in total. The van der Waals surface area contributed by atoms with Gasteiger partial charge in [0.1, 0.15) is 5.75 Å². The number of thiophene rings is 1. The third-order valence-electron chi connectivity index (χ3n) is 8.45. The first kappa shape index (κ1) is 28.8. The minimum Gasteiger partial charge on any atom is -0.496 e. The molecule has 5 heterocycles. The lowest BCUT2D eigenvalue weighted by molar-refractivity contribution is 0.0917. The highest BCUT2D eigenvalue weighted by molar-refractivity contribution is 7.13. The summed E-state index contributed by atoms with van der Waals surface area (Å²) in [6.45, 7) is 0.554. The predicted octanol–water partition coefficient (Wildman–Crippen LogP) is 5.79. The van der Waals surface area contributed by atoms with Gasteiger partial charge < -0.3 is 29.6 Å². The van der Waals surface area contributed by atoms with Crippen LogP contribution in [-0.4, -0.2) is 64.4 Å². The molecule has 6 aromatic rings. The SMILES string of the molecule is COc1cc2c(cc1-c1cnc(N(C)C)nc1)-c1cc(C(=O)N[C@@H](CO)Cc3c[nH]c4ccccc34)c(-c3cccs3)n1CC2. The molecule has 0 aliphatic carbocycles. The summed E-state index contributed by atoms with van der Waals surface area (Å²) in [4.78, 5) is 29.3. The number of fused-ring (bicyclic) bond motifs is 4. The Labute approximate surface area is 265 Å². The highest BCUT2D eigenvalue weighted by Crippen LogP contribution is 2.43. The molecule has 2 aromatic carbocycles. The molecule has 0 bridgehead atoms. The maximum Gasteiger partial charge on any atom is 0.253 e. The van der Waals surface area contributed by atoms with E-state index in [2.05, 4.69) is 49.1 Å². The van der Waals surface area contributed by atoms with Gasteiger partial charge in [-0.2, -0.15) is 0 Å². The van der Waals surface area contributed by atoms with Gasteiger partial charge in [0.2, 0.25) is 5.95 Å². The van der Waals surface area contributed by atoms with E-state index < -0.39 is 6.04 Å². The van der Waals surface area contributed by atoms with Crippen LogP contribution >= 0.6 is 11.3 Å². The van der Waals surface area contributed by atoms with Gasteiger partial charge in [0.05, 0.1) is 35.9 Å². The average molecular weight is 619 g/mol. The maximum atomic E-state index is 14.0. The Morgan fingerprint density at radius 1 is 1.13 bits per heavy atom. The van der Waals surface area contributed by atoms with E-state index in [0.717, 1.165) is 73.7 Å². The second-order valence-electron chi connectivity index (χ2n) is 11.5. The molecule has 1 aliphatic rings. The Balaban J connectivity index is 1.27. The molecule has 228 valence electrons. The van der Waals surface area contributed by atoms with Crippen molar-refractivity contribution in [2.45, 2.75) is 25.4 Å². The molecule has 1 amide bonds. The fourth-order valence-corrected chi connectivity index (χ4v) is 7.02. The second kappa shape index (κ2) is 11.9. The van der Waals surface area contributed by atoms with Crippen molar-refractivity contribution in [3.05, 3.63) is 95.3 Å². The number of ether oxygens (including phenoxy) is 1. The molecule has 0 radical (unpaired) electrons. The second-order valence-corrected chi connectivity index (χ2v) is 12.4. The molecule has 10 heteroatoms. The third-order valence-corrected chi connectivity index (χ3v) is 9.32. The van der Waals surface area contributed by atoms with Crippen molar-refractivity contribution in [2.75, 3.05) is 32.7 Å². The summed E-state index contributed by atoms with van der Waals surface area (Å²) >= 11 is 1.61. The molecule has 1 atom stereocenters. The fraction of sp³-hybridized carbons (Fsp3) is 0.229. The lowest BCUT2D eigenvalue weighted by Gasteiger charge is -2.23. The standard InChI is InChI=1S/C35H34N6O3S/c1-40(2)35-37-18-23(19-38-35)27-15-26-21(14-31(27)44-3)10-11-41-30(26)16-28(33(41)32-9-6-12-45-32)34(43)39-24(20-42)13-22-17-36-29-8-5-4-7-25(22)29/h4-9,12,14-19,24,36,42H,10-11,13,20H2,1-3H3,(H,39,43)/t24-/m1/s1. The summed E-state index contributed by atoms with van der Waals surface area (Å²) in [6.07, 6.45) is 6.88. The largest absolute Gasteiger partial charge is 0.496 e. The highest BCUT2D eigenvalue weighted by atomic mass is 32.1. The normalized spacial score (nSPS) is 12.9. The number of hydrogen-bond donors (Lipinski definition) is 3. The van der Waals surface area contributed by atoms with Gasteiger partial charge in [-0.1, -0.05) is 24.3 Å². The van der Waals surface area contributed by atoms with E-state index in [1.54, 1.807) is 18.4 Å². The van der Waals surface area contributed by atoms with Gasteiger partial charge in [0, 0.05) is 72.5 Å². The average Bonchev–Trinajstić information content (AvgIpc) is 3.83. The number of rotatable bonds is 9. The van der Waals surface area contributed by atoms with Crippen LogP contribution in [0.5, 0.6) is 5.75 Å². The summed E-state index contributed by atoms with van der Waals surface area (Å²) in [6, 6.07) is 17.9. The van der Waals surface area contributed by atoms with Crippen LogP contribution < -0.4 is 15.0 Å². The number of hydrogen-bond acceptors (Lipinski definition) is 7. The number of carbonyl (C=O) groups excluding carboxylic acids is 1.